The van der Waals surface area contributed by atoms with Gasteiger partial charge in [-0.15, -0.1) is 0 Å². The molecule has 0 radical (unpaired) electrons. The minimum atomic E-state index is -1.25. The van der Waals surface area contributed by atoms with E-state index in [0.717, 1.165) is 0 Å². The molecule has 236 valence electrons. The summed E-state index contributed by atoms with van der Waals surface area (Å²) in [7, 11) is 0. The number of aromatic nitrogens is 2. The molecule has 11 N–H and O–H groups in total. The fraction of sp³-hybridized carbons (Fsp3) is 0.667. The second-order valence-corrected chi connectivity index (χ2v) is 11.9. The maximum atomic E-state index is 13.0. The zero-order valence-electron chi connectivity index (χ0n) is 25.7. The van der Waals surface area contributed by atoms with Gasteiger partial charge in [0.15, 0.2) is 23.3 Å². The van der Waals surface area contributed by atoms with Crippen LogP contribution in [0.25, 0.3) is 0 Å². The highest BCUT2D eigenvalue weighted by atomic mass is 16.2. The topological polar surface area (TPSA) is 253 Å². The van der Waals surface area contributed by atoms with Crippen molar-refractivity contribution in [3.63, 3.8) is 0 Å². The van der Waals surface area contributed by atoms with E-state index in [-0.39, 0.29) is 42.8 Å². The number of H-pyrrole nitrogens is 1. The number of guanidine groups is 1. The smallest absolute Gasteiger partial charge is 0.240 e. The Hall–Kier alpha value is -3.69. The summed E-state index contributed by atoms with van der Waals surface area (Å²) >= 11 is 0. The van der Waals surface area contributed by atoms with Crippen LogP contribution in [0.4, 0.5) is 0 Å². The second-order valence-electron chi connectivity index (χ2n) is 11.9. The van der Waals surface area contributed by atoms with Gasteiger partial charge in [-0.2, -0.15) is 0 Å². The van der Waals surface area contributed by atoms with Crippen LogP contribution in [0.5, 0.6) is 0 Å². The van der Waals surface area contributed by atoms with Crippen LogP contribution in [-0.2, 0) is 30.4 Å². The van der Waals surface area contributed by atoms with Gasteiger partial charge in [-0.1, -0.05) is 0 Å². The lowest BCUT2D eigenvalue weighted by molar-refractivity contribution is -0.132. The summed E-state index contributed by atoms with van der Waals surface area (Å²) in [5.41, 5.74) is 13.7. The van der Waals surface area contributed by atoms with E-state index in [0.29, 0.717) is 25.1 Å². The van der Waals surface area contributed by atoms with Crippen molar-refractivity contribution in [2.45, 2.75) is 96.4 Å². The van der Waals surface area contributed by atoms with E-state index in [2.05, 4.69) is 36.2 Å². The first-order chi connectivity index (χ1) is 19.3. The number of nitrogens with two attached hydrogens (primary N) is 3. The lowest BCUT2D eigenvalue weighted by Crippen LogP contribution is -2.61. The van der Waals surface area contributed by atoms with Crippen LogP contribution in [0.1, 0.15) is 67.0 Å². The standard InChI is InChI=1S/C27H48N10O5/c1-16(38)19(9-8-10-32-24(29)30)36-23(42)27(6,7)35-13-20(39)25(2,3)34-14-21(40)26(4,5)37-22(41)18(28)11-17-12-31-15-33-17/h12,15,18-19,34-35H,8-11,13-14,28H2,1-7H3,(H,31,33)(H,36,42)(H,37,41)(H4,29,30,32)/t18-,19-/m0/s1. The Morgan fingerprint density at radius 1 is 0.952 bits per heavy atom. The zero-order chi connectivity index (χ0) is 32.3. The Morgan fingerprint density at radius 2 is 1.52 bits per heavy atom. The molecule has 15 heteroatoms. The van der Waals surface area contributed by atoms with Gasteiger partial charge in [0.1, 0.15) is 0 Å². The van der Waals surface area contributed by atoms with E-state index >= 15 is 0 Å². The molecule has 0 aliphatic rings. The van der Waals surface area contributed by atoms with Crippen molar-refractivity contribution in [1.82, 2.24) is 31.2 Å². The quantitative estimate of drug-likeness (QED) is 0.0504. The molecule has 0 aliphatic carbocycles. The maximum absolute atomic E-state index is 13.0. The molecular formula is C27H48N10O5. The van der Waals surface area contributed by atoms with Gasteiger partial charge in [0.25, 0.3) is 0 Å². The Kier molecular flexibility index (Phi) is 13.4. The molecule has 0 saturated heterocycles. The van der Waals surface area contributed by atoms with Crippen molar-refractivity contribution in [1.29, 1.82) is 0 Å². The molecular weight excluding hydrogens is 544 g/mol. The molecule has 1 aromatic heterocycles. The normalized spacial score (nSPS) is 13.5. The van der Waals surface area contributed by atoms with Gasteiger partial charge in [-0.3, -0.25) is 39.6 Å². The summed E-state index contributed by atoms with van der Waals surface area (Å²) in [6.07, 6.45) is 4.12. The Labute approximate surface area is 247 Å². The maximum Gasteiger partial charge on any atom is 0.240 e. The van der Waals surface area contributed by atoms with Gasteiger partial charge in [0.05, 0.1) is 48.1 Å². The number of hydrogen-bond acceptors (Lipinski definition) is 10. The van der Waals surface area contributed by atoms with Crippen LogP contribution >= 0.6 is 0 Å². The number of rotatable bonds is 19. The van der Waals surface area contributed by atoms with E-state index in [4.69, 9.17) is 17.2 Å². The number of aromatic amines is 1. The van der Waals surface area contributed by atoms with Gasteiger partial charge in [0.2, 0.25) is 11.8 Å². The molecule has 1 heterocycles. The molecule has 0 fully saturated rings. The molecule has 0 aliphatic heterocycles. The van der Waals surface area contributed by atoms with Gasteiger partial charge in [0, 0.05) is 24.9 Å². The van der Waals surface area contributed by atoms with Crippen molar-refractivity contribution in [2.75, 3.05) is 19.6 Å². The minimum absolute atomic E-state index is 0.0485. The first kappa shape index (κ1) is 36.3. The number of aliphatic imine (C=N–C) groups is 1. The van der Waals surface area contributed by atoms with Crippen LogP contribution < -0.4 is 38.5 Å². The van der Waals surface area contributed by atoms with E-state index in [1.54, 1.807) is 47.7 Å². The number of hydrogen-bond donors (Lipinski definition) is 8. The van der Waals surface area contributed by atoms with Crippen molar-refractivity contribution in [3.8, 4) is 0 Å². The molecule has 2 atom stereocenters. The van der Waals surface area contributed by atoms with E-state index in [1.165, 1.54) is 13.3 Å². The number of imidazole rings is 1. The highest BCUT2D eigenvalue weighted by Crippen LogP contribution is 2.11. The zero-order valence-corrected chi connectivity index (χ0v) is 25.7. The lowest BCUT2D eigenvalue weighted by Gasteiger charge is -2.31. The number of ketones is 3. The Bertz CT molecular complexity index is 1120. The Morgan fingerprint density at radius 3 is 2.05 bits per heavy atom. The summed E-state index contributed by atoms with van der Waals surface area (Å²) in [6, 6.07) is -1.61. The molecule has 0 unspecified atom stereocenters. The van der Waals surface area contributed by atoms with Gasteiger partial charge in [-0.05, 0) is 61.3 Å². The molecule has 1 aromatic rings. The van der Waals surface area contributed by atoms with E-state index in [1.807, 2.05) is 0 Å². The number of Topliss-reactive ketones (excluding diaryl/α,β-unsaturated/α-hetero) is 3. The predicted octanol–water partition coefficient (Wildman–Crippen LogP) is -1.82. The number of nitrogens with zero attached hydrogens (tertiary/aromatic N) is 2. The molecule has 15 nitrogen and oxygen atoms in total. The number of carbonyl (C=O) groups is 5. The number of amides is 2. The molecule has 42 heavy (non-hydrogen) atoms. The first-order valence-electron chi connectivity index (χ1n) is 13.8. The van der Waals surface area contributed by atoms with E-state index in [9.17, 15) is 24.0 Å². The van der Waals surface area contributed by atoms with Crippen LogP contribution in [0.3, 0.4) is 0 Å². The average Bonchev–Trinajstić information content (AvgIpc) is 3.39. The third-order valence-electron chi connectivity index (χ3n) is 6.85. The fourth-order valence-electron chi connectivity index (χ4n) is 3.64. The number of carbonyl (C=O) groups excluding carboxylic acids is 5. The fourth-order valence-corrected chi connectivity index (χ4v) is 3.64. The summed E-state index contributed by atoms with van der Waals surface area (Å²) in [4.78, 5) is 74.1. The van der Waals surface area contributed by atoms with Gasteiger partial charge < -0.3 is 32.8 Å². The minimum Gasteiger partial charge on any atom is -0.370 e. The monoisotopic (exact) mass is 592 g/mol. The van der Waals surface area contributed by atoms with E-state index < -0.39 is 40.5 Å². The highest BCUT2D eigenvalue weighted by molar-refractivity contribution is 5.96. The molecule has 0 aromatic carbocycles. The van der Waals surface area contributed by atoms with Gasteiger partial charge >= 0.3 is 0 Å². The van der Waals surface area contributed by atoms with Gasteiger partial charge in [-0.25, -0.2) is 4.98 Å². The third kappa shape index (κ3) is 12.0. The predicted molar refractivity (Wildman–Crippen MR) is 159 cm³/mol. The van der Waals surface area contributed by atoms with Crippen LogP contribution in [-0.4, -0.2) is 93.4 Å². The van der Waals surface area contributed by atoms with Crippen molar-refractivity contribution >= 4 is 35.1 Å². The van der Waals surface area contributed by atoms with Crippen LogP contribution in [0.15, 0.2) is 17.5 Å². The molecule has 0 spiro atoms. The summed E-state index contributed by atoms with van der Waals surface area (Å²) in [5.74, 6) is -1.88. The molecule has 0 saturated carbocycles. The average molecular weight is 593 g/mol. The number of nitrogens with one attached hydrogen (secondary N) is 5. The highest BCUT2D eigenvalue weighted by Gasteiger charge is 2.36. The van der Waals surface area contributed by atoms with Crippen molar-refractivity contribution in [2.24, 2.45) is 22.2 Å². The first-order valence-corrected chi connectivity index (χ1v) is 13.8. The summed E-state index contributed by atoms with van der Waals surface area (Å²) < 4.78 is 0. The molecule has 1 rings (SSSR count). The van der Waals surface area contributed by atoms with Crippen molar-refractivity contribution in [3.05, 3.63) is 18.2 Å². The lowest BCUT2D eigenvalue weighted by atomic mass is 9.94. The Balaban J connectivity index is 2.63. The SMILES string of the molecule is CC(=O)[C@H](CCCN=C(N)N)NC(=O)C(C)(C)NCC(=O)C(C)(C)NCC(=O)C(C)(C)NC(=O)[C@@H](N)Cc1cnc[nH]1. The molecule has 0 bridgehead atoms. The van der Waals surface area contributed by atoms with Crippen molar-refractivity contribution < 1.29 is 24.0 Å². The van der Waals surface area contributed by atoms with Crippen LogP contribution in [0.2, 0.25) is 0 Å². The summed E-state index contributed by atoms with van der Waals surface area (Å²) in [5, 5.41) is 11.3. The third-order valence-corrected chi connectivity index (χ3v) is 6.85. The van der Waals surface area contributed by atoms with Crippen LogP contribution in [0, 0.1) is 0 Å². The second kappa shape index (κ2) is 15.5. The largest absolute Gasteiger partial charge is 0.370 e. The molecule has 2 amide bonds. The summed E-state index contributed by atoms with van der Waals surface area (Å²) in [6.45, 7) is 10.9.